The molecule has 8 heteroatoms. The molecule has 0 saturated carbocycles. The van der Waals surface area contributed by atoms with E-state index in [-0.39, 0.29) is 17.5 Å². The molecule has 1 saturated heterocycles. The number of carbonyl (C=O) groups excluding carboxylic acids is 1. The van der Waals surface area contributed by atoms with Crippen molar-refractivity contribution in [2.75, 3.05) is 13.1 Å². The molecule has 2 aromatic heterocycles. The van der Waals surface area contributed by atoms with Gasteiger partial charge in [0.15, 0.2) is 5.69 Å². The van der Waals surface area contributed by atoms with Gasteiger partial charge in [0.1, 0.15) is 11.3 Å². The van der Waals surface area contributed by atoms with E-state index in [2.05, 4.69) is 10.3 Å². The average molecular weight is 372 g/mol. The summed E-state index contributed by atoms with van der Waals surface area (Å²) in [5.74, 6) is -0.138. The number of nitrogens with zero attached hydrogens (tertiary/aromatic N) is 4. The van der Waals surface area contributed by atoms with Gasteiger partial charge >= 0.3 is 5.97 Å². The lowest BCUT2D eigenvalue weighted by atomic mass is 10.0. The van der Waals surface area contributed by atoms with Crippen molar-refractivity contribution in [3.8, 4) is 0 Å². The first-order valence-electron chi connectivity index (χ1n) is 9.60. The van der Waals surface area contributed by atoms with Crippen LogP contribution in [0, 0.1) is 6.92 Å². The number of likely N-dealkylation sites (tertiary alicyclic amines) is 1. The van der Waals surface area contributed by atoms with Crippen molar-refractivity contribution in [1.82, 2.24) is 19.8 Å². The summed E-state index contributed by atoms with van der Waals surface area (Å²) >= 11 is 0. The molecule has 0 radical (unpaired) electrons. The molecular weight excluding hydrogens is 348 g/mol. The number of carboxylic acid groups (broad SMARTS) is 1. The van der Waals surface area contributed by atoms with Crippen LogP contribution in [0.5, 0.6) is 0 Å². The van der Waals surface area contributed by atoms with Crippen molar-refractivity contribution >= 4 is 11.9 Å². The molecule has 2 aromatic rings. The van der Waals surface area contributed by atoms with E-state index in [1.54, 1.807) is 11.6 Å². The molecule has 1 fully saturated rings. The lowest BCUT2D eigenvalue weighted by Gasteiger charge is -2.32. The van der Waals surface area contributed by atoms with Gasteiger partial charge < -0.3 is 14.5 Å². The van der Waals surface area contributed by atoms with Gasteiger partial charge in [-0.1, -0.05) is 11.6 Å². The molecule has 3 heterocycles. The molecule has 144 valence electrons. The predicted octanol–water partition coefficient (Wildman–Crippen LogP) is 2.62. The average Bonchev–Trinajstić information content (AvgIpc) is 3.17. The summed E-state index contributed by atoms with van der Waals surface area (Å²) in [4.78, 5) is 26.0. The van der Waals surface area contributed by atoms with E-state index >= 15 is 0 Å². The minimum absolute atomic E-state index is 0.0521. The normalized spacial score (nSPS) is 18.2. The number of aromatic carboxylic acids is 1. The number of fused-ring (bicyclic) bond motifs is 1. The second-order valence-electron chi connectivity index (χ2n) is 7.41. The molecule has 0 unspecified atom stereocenters. The van der Waals surface area contributed by atoms with Crippen LogP contribution in [0.2, 0.25) is 0 Å². The van der Waals surface area contributed by atoms with Crippen LogP contribution >= 0.6 is 0 Å². The van der Waals surface area contributed by atoms with E-state index < -0.39 is 5.97 Å². The number of carbonyl (C=O) groups is 2. The molecule has 0 aromatic carbocycles. The number of hydrogen-bond donors (Lipinski definition) is 1. The zero-order valence-electron chi connectivity index (χ0n) is 15.5. The quantitative estimate of drug-likeness (QED) is 0.831. The van der Waals surface area contributed by atoms with Gasteiger partial charge in [0.25, 0.3) is 5.91 Å². The van der Waals surface area contributed by atoms with E-state index in [0.29, 0.717) is 24.5 Å². The largest absolute Gasteiger partial charge is 0.478 e. The number of carboxylic acids is 1. The van der Waals surface area contributed by atoms with Crippen LogP contribution in [0.1, 0.15) is 76.0 Å². The van der Waals surface area contributed by atoms with Crippen molar-refractivity contribution < 1.29 is 19.2 Å². The van der Waals surface area contributed by atoms with E-state index in [1.807, 2.05) is 4.90 Å². The zero-order chi connectivity index (χ0) is 19.0. The highest BCUT2D eigenvalue weighted by atomic mass is 16.5. The molecule has 2 aliphatic rings. The predicted molar refractivity (Wildman–Crippen MR) is 95.9 cm³/mol. The molecule has 0 atom stereocenters. The van der Waals surface area contributed by atoms with Crippen molar-refractivity contribution in [2.24, 2.45) is 0 Å². The van der Waals surface area contributed by atoms with E-state index in [0.717, 1.165) is 56.3 Å². The minimum Gasteiger partial charge on any atom is -0.478 e. The first-order chi connectivity index (χ1) is 13.1. The van der Waals surface area contributed by atoms with E-state index in [1.165, 1.54) is 6.20 Å². The molecule has 0 bridgehead atoms. The first-order valence-corrected chi connectivity index (χ1v) is 9.60. The maximum Gasteiger partial charge on any atom is 0.339 e. The molecule has 1 amide bonds. The fourth-order valence-electron chi connectivity index (χ4n) is 4.19. The first kappa shape index (κ1) is 17.8. The Morgan fingerprint density at radius 1 is 1.19 bits per heavy atom. The van der Waals surface area contributed by atoms with Crippen molar-refractivity contribution in [2.45, 2.75) is 57.9 Å². The smallest absolute Gasteiger partial charge is 0.339 e. The third-order valence-electron chi connectivity index (χ3n) is 5.78. The van der Waals surface area contributed by atoms with Gasteiger partial charge in [-0.2, -0.15) is 5.10 Å². The number of aromatic nitrogens is 3. The SMILES string of the molecule is Cc1c(C(=O)O)cnn1C1CCN(C(=O)c2noc3c2CCCCC3)CC1. The molecular formula is C19H24N4O4. The Balaban J connectivity index is 1.44. The topological polar surface area (TPSA) is 101 Å². The number of piperidine rings is 1. The Morgan fingerprint density at radius 2 is 1.93 bits per heavy atom. The summed E-state index contributed by atoms with van der Waals surface area (Å²) in [7, 11) is 0. The number of aryl methyl sites for hydroxylation is 1. The molecule has 4 rings (SSSR count). The van der Waals surface area contributed by atoms with Crippen LogP contribution in [0.4, 0.5) is 0 Å². The summed E-state index contributed by atoms with van der Waals surface area (Å²) in [5.41, 5.74) is 2.37. The number of rotatable bonds is 3. The molecule has 27 heavy (non-hydrogen) atoms. The Bertz CT molecular complexity index is 861. The Labute approximate surface area is 157 Å². The zero-order valence-corrected chi connectivity index (χ0v) is 15.5. The fourth-order valence-corrected chi connectivity index (χ4v) is 4.19. The number of hydrogen-bond acceptors (Lipinski definition) is 5. The van der Waals surface area contributed by atoms with E-state index in [9.17, 15) is 14.7 Å². The van der Waals surface area contributed by atoms with Gasteiger partial charge in [-0.05, 0) is 39.0 Å². The maximum atomic E-state index is 13.0. The highest BCUT2D eigenvalue weighted by molar-refractivity contribution is 5.94. The van der Waals surface area contributed by atoms with Gasteiger partial charge in [0.2, 0.25) is 0 Å². The van der Waals surface area contributed by atoms with Crippen LogP contribution in [0.15, 0.2) is 10.7 Å². The van der Waals surface area contributed by atoms with Crippen molar-refractivity contribution in [1.29, 1.82) is 0 Å². The maximum absolute atomic E-state index is 13.0. The Hall–Kier alpha value is -2.64. The monoisotopic (exact) mass is 372 g/mol. The second kappa shape index (κ2) is 7.17. The summed E-state index contributed by atoms with van der Waals surface area (Å²) in [6.07, 6.45) is 7.93. The van der Waals surface area contributed by atoms with E-state index in [4.69, 9.17) is 4.52 Å². The lowest BCUT2D eigenvalue weighted by molar-refractivity contribution is 0.0677. The highest BCUT2D eigenvalue weighted by Crippen LogP contribution is 2.28. The summed E-state index contributed by atoms with van der Waals surface area (Å²) in [6.45, 7) is 2.98. The standard InChI is InChI=1S/C19H24N4O4/c1-12-15(19(25)26)11-20-23(12)13-7-9-22(10-8-13)18(24)17-14-5-3-2-4-6-16(14)27-21-17/h11,13H,2-10H2,1H3,(H,25,26). The van der Waals surface area contributed by atoms with Crippen LogP contribution in [-0.2, 0) is 12.8 Å². The Kier molecular flexibility index (Phi) is 4.72. The molecule has 1 aliphatic carbocycles. The summed E-state index contributed by atoms with van der Waals surface area (Å²) in [5, 5.41) is 17.5. The minimum atomic E-state index is -0.960. The van der Waals surface area contributed by atoms with Gasteiger partial charge in [-0.15, -0.1) is 0 Å². The van der Waals surface area contributed by atoms with Crippen molar-refractivity contribution in [3.63, 3.8) is 0 Å². The Morgan fingerprint density at radius 3 is 2.63 bits per heavy atom. The fraction of sp³-hybridized carbons (Fsp3) is 0.579. The van der Waals surface area contributed by atoms with Crippen LogP contribution in [0.3, 0.4) is 0 Å². The third-order valence-corrected chi connectivity index (χ3v) is 5.78. The highest BCUT2D eigenvalue weighted by Gasteiger charge is 2.31. The van der Waals surface area contributed by atoms with Crippen LogP contribution in [0.25, 0.3) is 0 Å². The molecule has 8 nitrogen and oxygen atoms in total. The molecule has 1 N–H and O–H groups in total. The van der Waals surface area contributed by atoms with Crippen LogP contribution in [-0.4, -0.2) is 49.9 Å². The van der Waals surface area contributed by atoms with Gasteiger partial charge in [0.05, 0.1) is 17.9 Å². The molecule has 1 aliphatic heterocycles. The van der Waals surface area contributed by atoms with Crippen molar-refractivity contribution in [3.05, 3.63) is 34.5 Å². The third kappa shape index (κ3) is 3.24. The lowest BCUT2D eigenvalue weighted by Crippen LogP contribution is -2.40. The molecule has 0 spiro atoms. The van der Waals surface area contributed by atoms with Gasteiger partial charge in [-0.25, -0.2) is 4.79 Å². The second-order valence-corrected chi connectivity index (χ2v) is 7.41. The number of amides is 1. The van der Waals surface area contributed by atoms with Gasteiger partial charge in [0, 0.05) is 25.1 Å². The van der Waals surface area contributed by atoms with Crippen LogP contribution < -0.4 is 0 Å². The summed E-state index contributed by atoms with van der Waals surface area (Å²) < 4.78 is 7.23. The summed E-state index contributed by atoms with van der Waals surface area (Å²) in [6, 6.07) is 0.108. The van der Waals surface area contributed by atoms with Gasteiger partial charge in [-0.3, -0.25) is 9.48 Å².